The number of rotatable bonds is 4. The first-order chi connectivity index (χ1) is 6.95. The summed E-state index contributed by atoms with van der Waals surface area (Å²) in [6, 6.07) is 0. The van der Waals surface area contributed by atoms with E-state index >= 15 is 0 Å². The Morgan fingerprint density at radius 1 is 1.27 bits per heavy atom. The molecule has 0 saturated carbocycles. The van der Waals surface area contributed by atoms with Crippen molar-refractivity contribution >= 4 is 10.0 Å². The maximum Gasteiger partial charge on any atom is 0.216 e. The summed E-state index contributed by atoms with van der Waals surface area (Å²) in [7, 11) is -1.58. The Kier molecular flexibility index (Phi) is 4.55. The number of ether oxygens (including phenoxy) is 1. The Hall–Kier alpha value is -0.130. The summed E-state index contributed by atoms with van der Waals surface area (Å²) in [5.41, 5.74) is 0. The van der Waals surface area contributed by atoms with Gasteiger partial charge in [-0.05, 0) is 18.3 Å². The van der Waals surface area contributed by atoms with Gasteiger partial charge in [0.2, 0.25) is 10.0 Å². The number of sulfonamides is 1. The van der Waals surface area contributed by atoms with Crippen LogP contribution >= 0.6 is 0 Å². The highest BCUT2D eigenvalue weighted by Gasteiger charge is 2.29. The van der Waals surface area contributed by atoms with Crippen LogP contribution in [0.3, 0.4) is 0 Å². The molecular formula is C10H21NO3S. The standard InChI is InChI=1S/C10H21NO3S/c1-9-6-10(2)8-11(7-9)15(12,13)5-4-14-3/h9-10H,4-8H2,1-3H3/t9-,10-/m0/s1. The van der Waals surface area contributed by atoms with Crippen LogP contribution in [0.1, 0.15) is 20.3 Å². The van der Waals surface area contributed by atoms with Crippen molar-refractivity contribution in [1.29, 1.82) is 0 Å². The number of hydrogen-bond acceptors (Lipinski definition) is 3. The van der Waals surface area contributed by atoms with Crippen LogP contribution < -0.4 is 0 Å². The molecule has 0 bridgehead atoms. The van der Waals surface area contributed by atoms with Crippen LogP contribution in [0.5, 0.6) is 0 Å². The minimum atomic E-state index is -3.10. The lowest BCUT2D eigenvalue weighted by Crippen LogP contribution is -2.44. The summed E-state index contributed by atoms with van der Waals surface area (Å²) in [6.45, 7) is 5.82. The average Bonchev–Trinajstić information content (AvgIpc) is 2.13. The summed E-state index contributed by atoms with van der Waals surface area (Å²) in [5.74, 6) is 1.03. The van der Waals surface area contributed by atoms with Gasteiger partial charge in [0.15, 0.2) is 0 Å². The van der Waals surface area contributed by atoms with Crippen molar-refractivity contribution < 1.29 is 13.2 Å². The highest BCUT2D eigenvalue weighted by Crippen LogP contribution is 2.23. The molecule has 0 aromatic heterocycles. The van der Waals surface area contributed by atoms with Gasteiger partial charge in [-0.1, -0.05) is 13.8 Å². The largest absolute Gasteiger partial charge is 0.384 e. The topological polar surface area (TPSA) is 46.6 Å². The molecule has 1 saturated heterocycles. The molecule has 0 unspecified atom stereocenters. The molecule has 1 heterocycles. The molecule has 0 aromatic carbocycles. The second kappa shape index (κ2) is 5.27. The molecule has 2 atom stereocenters. The molecule has 15 heavy (non-hydrogen) atoms. The predicted octanol–water partition coefficient (Wildman–Crippen LogP) is 0.940. The Labute approximate surface area is 92.7 Å². The summed E-state index contributed by atoms with van der Waals surface area (Å²) in [6.07, 6.45) is 1.12. The molecular weight excluding hydrogens is 214 g/mol. The Morgan fingerprint density at radius 2 is 1.80 bits per heavy atom. The average molecular weight is 235 g/mol. The third-order valence-corrected chi connectivity index (χ3v) is 4.54. The lowest BCUT2D eigenvalue weighted by Gasteiger charge is -2.33. The fourth-order valence-electron chi connectivity index (χ4n) is 2.15. The zero-order valence-electron chi connectivity index (χ0n) is 9.77. The minimum absolute atomic E-state index is 0.100. The summed E-state index contributed by atoms with van der Waals surface area (Å²) in [4.78, 5) is 0. The number of hydrogen-bond donors (Lipinski definition) is 0. The van der Waals surface area contributed by atoms with Crippen LogP contribution in [0.4, 0.5) is 0 Å². The van der Waals surface area contributed by atoms with E-state index in [-0.39, 0.29) is 12.4 Å². The Balaban J connectivity index is 2.61. The van der Waals surface area contributed by atoms with E-state index in [1.54, 1.807) is 4.31 Å². The number of nitrogens with zero attached hydrogens (tertiary/aromatic N) is 1. The van der Waals surface area contributed by atoms with E-state index in [0.29, 0.717) is 24.9 Å². The maximum atomic E-state index is 11.9. The summed E-state index contributed by atoms with van der Waals surface area (Å²) >= 11 is 0. The molecule has 0 aliphatic carbocycles. The van der Waals surface area contributed by atoms with Crippen molar-refractivity contribution in [3.63, 3.8) is 0 Å². The van der Waals surface area contributed by atoms with Crippen molar-refractivity contribution in [3.05, 3.63) is 0 Å². The molecule has 5 heteroatoms. The van der Waals surface area contributed by atoms with Crippen molar-refractivity contribution in [2.75, 3.05) is 32.6 Å². The lowest BCUT2D eigenvalue weighted by atomic mass is 9.94. The minimum Gasteiger partial charge on any atom is -0.384 e. The van der Waals surface area contributed by atoms with Crippen molar-refractivity contribution in [2.24, 2.45) is 11.8 Å². The van der Waals surface area contributed by atoms with E-state index in [1.165, 1.54) is 7.11 Å². The van der Waals surface area contributed by atoms with E-state index in [9.17, 15) is 8.42 Å². The first kappa shape index (κ1) is 12.9. The van der Waals surface area contributed by atoms with Gasteiger partial charge >= 0.3 is 0 Å². The van der Waals surface area contributed by atoms with E-state index in [1.807, 2.05) is 0 Å². The molecule has 0 N–H and O–H groups in total. The van der Waals surface area contributed by atoms with Gasteiger partial charge in [0.05, 0.1) is 12.4 Å². The maximum absolute atomic E-state index is 11.9. The van der Waals surface area contributed by atoms with Gasteiger partial charge in [0.1, 0.15) is 0 Å². The van der Waals surface area contributed by atoms with Crippen LogP contribution in [-0.4, -0.2) is 45.3 Å². The molecule has 0 aromatic rings. The molecule has 0 amide bonds. The third-order valence-electron chi connectivity index (χ3n) is 2.77. The lowest BCUT2D eigenvalue weighted by molar-refractivity contribution is 0.204. The van der Waals surface area contributed by atoms with Crippen LogP contribution in [0.25, 0.3) is 0 Å². The fourth-order valence-corrected chi connectivity index (χ4v) is 3.75. The molecule has 0 spiro atoms. The summed E-state index contributed by atoms with van der Waals surface area (Å²) in [5, 5.41) is 0. The molecule has 0 radical (unpaired) electrons. The third kappa shape index (κ3) is 3.74. The summed E-state index contributed by atoms with van der Waals surface area (Å²) < 4.78 is 30.2. The monoisotopic (exact) mass is 235 g/mol. The number of methoxy groups -OCH3 is 1. The van der Waals surface area contributed by atoms with E-state index < -0.39 is 10.0 Å². The van der Waals surface area contributed by atoms with Gasteiger partial charge in [-0.2, -0.15) is 0 Å². The second-order valence-corrected chi connectivity index (χ2v) is 6.66. The highest BCUT2D eigenvalue weighted by atomic mass is 32.2. The molecule has 1 aliphatic heterocycles. The smallest absolute Gasteiger partial charge is 0.216 e. The molecule has 1 aliphatic rings. The highest BCUT2D eigenvalue weighted by molar-refractivity contribution is 7.89. The normalized spacial score (nSPS) is 29.3. The molecule has 4 nitrogen and oxygen atoms in total. The van der Waals surface area contributed by atoms with E-state index in [2.05, 4.69) is 13.8 Å². The van der Waals surface area contributed by atoms with Crippen molar-refractivity contribution in [3.8, 4) is 0 Å². The predicted molar refractivity (Wildman–Crippen MR) is 60.2 cm³/mol. The van der Waals surface area contributed by atoms with Crippen molar-refractivity contribution in [1.82, 2.24) is 4.31 Å². The van der Waals surface area contributed by atoms with Gasteiger partial charge in [0.25, 0.3) is 0 Å². The molecule has 90 valence electrons. The zero-order chi connectivity index (χ0) is 11.5. The Morgan fingerprint density at radius 3 is 2.27 bits per heavy atom. The van der Waals surface area contributed by atoms with Crippen LogP contribution in [0.15, 0.2) is 0 Å². The first-order valence-corrected chi connectivity index (χ1v) is 7.03. The van der Waals surface area contributed by atoms with Crippen LogP contribution in [0, 0.1) is 11.8 Å². The van der Waals surface area contributed by atoms with Gasteiger partial charge in [-0.25, -0.2) is 12.7 Å². The van der Waals surface area contributed by atoms with Gasteiger partial charge in [-0.15, -0.1) is 0 Å². The number of piperidine rings is 1. The SMILES string of the molecule is COCCS(=O)(=O)N1C[C@@H](C)C[C@H](C)C1. The van der Waals surface area contributed by atoms with Crippen LogP contribution in [-0.2, 0) is 14.8 Å². The molecule has 1 rings (SSSR count). The first-order valence-electron chi connectivity index (χ1n) is 5.42. The van der Waals surface area contributed by atoms with Gasteiger partial charge in [-0.3, -0.25) is 0 Å². The molecule has 1 fully saturated rings. The van der Waals surface area contributed by atoms with Crippen LogP contribution in [0.2, 0.25) is 0 Å². The van der Waals surface area contributed by atoms with Gasteiger partial charge in [0, 0.05) is 20.2 Å². The van der Waals surface area contributed by atoms with E-state index in [4.69, 9.17) is 4.74 Å². The Bertz CT molecular complexity index is 279. The zero-order valence-corrected chi connectivity index (χ0v) is 10.6. The quantitative estimate of drug-likeness (QED) is 0.728. The van der Waals surface area contributed by atoms with E-state index in [0.717, 1.165) is 6.42 Å². The van der Waals surface area contributed by atoms with Gasteiger partial charge < -0.3 is 4.74 Å². The fraction of sp³-hybridized carbons (Fsp3) is 1.00. The second-order valence-electron chi connectivity index (χ2n) is 4.57. The van der Waals surface area contributed by atoms with Crippen molar-refractivity contribution in [2.45, 2.75) is 20.3 Å².